The van der Waals surface area contributed by atoms with Crippen LogP contribution in [0.5, 0.6) is 0 Å². The molecule has 0 aliphatic heterocycles. The predicted octanol–water partition coefficient (Wildman–Crippen LogP) is 3.06. The number of aromatic nitrogens is 1. The van der Waals surface area contributed by atoms with E-state index >= 15 is 0 Å². The number of hydrogen-bond acceptors (Lipinski definition) is 4. The second kappa shape index (κ2) is 5.99. The Kier molecular flexibility index (Phi) is 3.89. The number of aliphatic hydroxyl groups is 1. The van der Waals surface area contributed by atoms with Crippen LogP contribution in [0.15, 0.2) is 53.2 Å². The van der Waals surface area contributed by atoms with Crippen LogP contribution in [0.1, 0.15) is 24.2 Å². The average molecular weight is 296 g/mol. The van der Waals surface area contributed by atoms with Crippen molar-refractivity contribution in [2.45, 2.75) is 19.4 Å². The van der Waals surface area contributed by atoms with E-state index in [4.69, 9.17) is 4.42 Å². The van der Waals surface area contributed by atoms with Gasteiger partial charge in [-0.3, -0.25) is 9.78 Å². The minimum atomic E-state index is -0.445. The number of nitrogens with one attached hydrogen (secondary N) is 1. The largest absolute Gasteiger partial charge is 0.460 e. The van der Waals surface area contributed by atoms with Gasteiger partial charge in [0, 0.05) is 17.1 Å². The highest BCUT2D eigenvalue weighted by molar-refractivity contribution is 5.96. The van der Waals surface area contributed by atoms with Crippen molar-refractivity contribution < 1.29 is 14.3 Å². The molecule has 0 spiro atoms. The number of fused-ring (bicyclic) bond motifs is 1. The first-order valence-corrected chi connectivity index (χ1v) is 7.02. The number of furan rings is 1. The Morgan fingerprint density at radius 3 is 2.95 bits per heavy atom. The Morgan fingerprint density at radius 1 is 1.36 bits per heavy atom. The van der Waals surface area contributed by atoms with Crippen LogP contribution in [0.3, 0.4) is 0 Å². The number of hydrogen-bond donors (Lipinski definition) is 2. The highest BCUT2D eigenvalue weighted by Gasteiger charge is 2.20. The first-order chi connectivity index (χ1) is 10.7. The molecule has 3 rings (SSSR count). The summed E-state index contributed by atoms with van der Waals surface area (Å²) >= 11 is 0. The van der Waals surface area contributed by atoms with Gasteiger partial charge in [0.25, 0.3) is 0 Å². The predicted molar refractivity (Wildman–Crippen MR) is 83.4 cm³/mol. The van der Waals surface area contributed by atoms with Crippen LogP contribution >= 0.6 is 0 Å². The van der Waals surface area contributed by atoms with Crippen LogP contribution in [0, 0.1) is 0 Å². The van der Waals surface area contributed by atoms with Crippen molar-refractivity contribution in [2.24, 2.45) is 0 Å². The zero-order chi connectivity index (χ0) is 15.5. The molecule has 2 N–H and O–H groups in total. The second-order valence-electron chi connectivity index (χ2n) is 5.09. The van der Waals surface area contributed by atoms with Crippen LogP contribution in [0.25, 0.3) is 11.0 Å². The number of amides is 1. The Balaban J connectivity index is 1.82. The van der Waals surface area contributed by atoms with Gasteiger partial charge in [0.05, 0.1) is 24.4 Å². The lowest BCUT2D eigenvalue weighted by Crippen LogP contribution is -2.19. The van der Waals surface area contributed by atoms with Gasteiger partial charge in [0.1, 0.15) is 11.3 Å². The van der Waals surface area contributed by atoms with Crippen molar-refractivity contribution in [2.75, 3.05) is 5.32 Å². The first kappa shape index (κ1) is 14.3. The van der Waals surface area contributed by atoms with Gasteiger partial charge in [-0.2, -0.15) is 0 Å². The molecule has 3 aromatic rings. The maximum atomic E-state index is 12.4. The number of pyridine rings is 1. The van der Waals surface area contributed by atoms with E-state index < -0.39 is 5.92 Å². The summed E-state index contributed by atoms with van der Waals surface area (Å²) in [5, 5.41) is 13.0. The number of aliphatic hydroxyl groups excluding tert-OH is 1. The molecule has 2 heterocycles. The molecule has 0 fully saturated rings. The van der Waals surface area contributed by atoms with E-state index in [1.165, 1.54) is 6.20 Å². The molecule has 1 unspecified atom stereocenters. The van der Waals surface area contributed by atoms with E-state index in [0.29, 0.717) is 17.0 Å². The molecule has 0 saturated heterocycles. The maximum absolute atomic E-state index is 12.4. The quantitative estimate of drug-likeness (QED) is 0.776. The number of carbonyl (C=O) groups is 1. The van der Waals surface area contributed by atoms with Crippen LogP contribution in [-0.2, 0) is 11.4 Å². The number of anilines is 1. The molecule has 0 aliphatic rings. The van der Waals surface area contributed by atoms with Crippen LogP contribution in [0.4, 0.5) is 5.69 Å². The molecule has 0 saturated carbocycles. The zero-order valence-electron chi connectivity index (χ0n) is 12.1. The van der Waals surface area contributed by atoms with Gasteiger partial charge >= 0.3 is 0 Å². The third-order valence-corrected chi connectivity index (χ3v) is 3.60. The van der Waals surface area contributed by atoms with Gasteiger partial charge in [-0.15, -0.1) is 0 Å². The minimum absolute atomic E-state index is 0.156. The van der Waals surface area contributed by atoms with Gasteiger partial charge in [0.15, 0.2) is 0 Å². The topological polar surface area (TPSA) is 75.4 Å². The molecule has 0 aliphatic carbocycles. The van der Waals surface area contributed by atoms with Gasteiger partial charge < -0.3 is 14.8 Å². The van der Waals surface area contributed by atoms with E-state index in [-0.39, 0.29) is 12.5 Å². The van der Waals surface area contributed by atoms with E-state index in [1.54, 1.807) is 19.2 Å². The summed E-state index contributed by atoms with van der Waals surface area (Å²) in [7, 11) is 0. The monoisotopic (exact) mass is 296 g/mol. The Hall–Kier alpha value is -2.66. The molecular weight excluding hydrogens is 280 g/mol. The second-order valence-corrected chi connectivity index (χ2v) is 5.09. The van der Waals surface area contributed by atoms with Crippen LogP contribution in [0.2, 0.25) is 0 Å². The fourth-order valence-corrected chi connectivity index (χ4v) is 2.26. The highest BCUT2D eigenvalue weighted by atomic mass is 16.3. The Labute approximate surface area is 127 Å². The van der Waals surface area contributed by atoms with Gasteiger partial charge in [-0.1, -0.05) is 18.2 Å². The van der Waals surface area contributed by atoms with Gasteiger partial charge in [0.2, 0.25) is 5.91 Å². The number of nitrogens with zero attached hydrogens (tertiary/aromatic N) is 1. The fraction of sp³-hybridized carbons (Fsp3) is 0.176. The molecule has 22 heavy (non-hydrogen) atoms. The summed E-state index contributed by atoms with van der Waals surface area (Å²) in [5.41, 5.74) is 1.90. The summed E-state index contributed by atoms with van der Waals surface area (Å²) in [4.78, 5) is 16.3. The lowest BCUT2D eigenvalue weighted by molar-refractivity contribution is -0.117. The summed E-state index contributed by atoms with van der Waals surface area (Å²) in [6.07, 6.45) is 3.10. The molecule has 1 atom stereocenters. The van der Waals surface area contributed by atoms with E-state index in [2.05, 4.69) is 10.3 Å². The maximum Gasteiger partial charge on any atom is 0.234 e. The summed E-state index contributed by atoms with van der Waals surface area (Å²) in [6.45, 7) is 1.62. The van der Waals surface area contributed by atoms with Crippen LogP contribution < -0.4 is 5.32 Å². The first-order valence-electron chi connectivity index (χ1n) is 7.02. The van der Waals surface area contributed by atoms with E-state index in [1.807, 2.05) is 30.3 Å². The fourth-order valence-electron chi connectivity index (χ4n) is 2.26. The summed E-state index contributed by atoms with van der Waals surface area (Å²) in [6, 6.07) is 11.2. The summed E-state index contributed by atoms with van der Waals surface area (Å²) < 4.78 is 5.72. The molecule has 0 radical (unpaired) electrons. The Morgan fingerprint density at radius 2 is 2.18 bits per heavy atom. The lowest BCUT2D eigenvalue weighted by atomic mass is 10.1. The SMILES string of the molecule is CC(C(=O)Nc1cnccc1CO)c1cc2ccccc2o1. The number of rotatable bonds is 4. The van der Waals surface area contributed by atoms with Crippen molar-refractivity contribution in [3.8, 4) is 0 Å². The third-order valence-electron chi connectivity index (χ3n) is 3.60. The average Bonchev–Trinajstić information content (AvgIpc) is 2.98. The van der Waals surface area contributed by atoms with Crippen molar-refractivity contribution in [1.82, 2.24) is 4.98 Å². The van der Waals surface area contributed by atoms with Crippen molar-refractivity contribution in [3.63, 3.8) is 0 Å². The van der Waals surface area contributed by atoms with E-state index in [9.17, 15) is 9.90 Å². The standard InChI is InChI=1S/C17H16N2O3/c1-11(16-8-12-4-2-3-5-15(12)22-16)17(21)19-14-9-18-7-6-13(14)10-20/h2-9,11,20H,10H2,1H3,(H,19,21). The number of carbonyl (C=O) groups excluding carboxylic acids is 1. The van der Waals surface area contributed by atoms with Crippen LogP contribution in [-0.4, -0.2) is 16.0 Å². The third kappa shape index (κ3) is 2.71. The molecule has 1 amide bonds. The highest BCUT2D eigenvalue weighted by Crippen LogP contribution is 2.26. The smallest absolute Gasteiger partial charge is 0.234 e. The Bertz CT molecular complexity index is 777. The van der Waals surface area contributed by atoms with Crippen molar-refractivity contribution in [3.05, 3.63) is 60.1 Å². The van der Waals surface area contributed by atoms with Crippen molar-refractivity contribution >= 4 is 22.6 Å². The van der Waals surface area contributed by atoms with Crippen molar-refractivity contribution in [1.29, 1.82) is 0 Å². The minimum Gasteiger partial charge on any atom is -0.460 e. The van der Waals surface area contributed by atoms with E-state index in [0.717, 1.165) is 11.0 Å². The van der Waals surface area contributed by atoms with Gasteiger partial charge in [-0.05, 0) is 25.1 Å². The molecule has 2 aromatic heterocycles. The number of benzene rings is 1. The molecule has 1 aromatic carbocycles. The molecule has 0 bridgehead atoms. The summed E-state index contributed by atoms with van der Waals surface area (Å²) in [5.74, 6) is -0.0472. The molecule has 5 nitrogen and oxygen atoms in total. The molecule has 112 valence electrons. The van der Waals surface area contributed by atoms with Gasteiger partial charge in [-0.25, -0.2) is 0 Å². The zero-order valence-corrected chi connectivity index (χ0v) is 12.1. The molecular formula is C17H16N2O3. The molecule has 5 heteroatoms. The number of para-hydroxylation sites is 1. The normalized spacial score (nSPS) is 12.3. The lowest BCUT2D eigenvalue weighted by Gasteiger charge is -2.12.